The van der Waals surface area contributed by atoms with Gasteiger partial charge in [-0.25, -0.2) is 4.79 Å². The van der Waals surface area contributed by atoms with Gasteiger partial charge in [0, 0.05) is 18.6 Å². The average Bonchev–Trinajstić information content (AvgIpc) is 3.24. The first-order valence-electron chi connectivity index (χ1n) is 8.17. The Hall–Kier alpha value is -0.610. The van der Waals surface area contributed by atoms with Gasteiger partial charge in [-0.1, -0.05) is 6.42 Å². The van der Waals surface area contributed by atoms with Crippen LogP contribution in [0, 0.1) is 5.92 Å². The highest BCUT2D eigenvalue weighted by atomic mass is 16.5. The van der Waals surface area contributed by atoms with Crippen LogP contribution >= 0.6 is 0 Å². The summed E-state index contributed by atoms with van der Waals surface area (Å²) in [7, 11) is 1.91. The quantitative estimate of drug-likeness (QED) is 0.758. The molecule has 0 spiro atoms. The van der Waals surface area contributed by atoms with Crippen LogP contribution in [0.5, 0.6) is 0 Å². The van der Waals surface area contributed by atoms with E-state index in [1.54, 1.807) is 0 Å². The summed E-state index contributed by atoms with van der Waals surface area (Å²) in [4.78, 5) is 15.1. The maximum Gasteiger partial charge on any atom is 0.327 e. The Morgan fingerprint density at radius 1 is 1.25 bits per heavy atom. The van der Waals surface area contributed by atoms with E-state index in [-0.39, 0.29) is 5.97 Å². The predicted molar refractivity (Wildman–Crippen MR) is 80.6 cm³/mol. The molecule has 1 unspecified atom stereocenters. The molecule has 4 heteroatoms. The van der Waals surface area contributed by atoms with Crippen molar-refractivity contribution in [1.82, 2.24) is 10.2 Å². The third-order valence-electron chi connectivity index (χ3n) is 5.17. The Morgan fingerprint density at radius 2 is 1.85 bits per heavy atom. The number of carbonyl (C=O) groups excluding carboxylic acids is 1. The molecule has 0 amide bonds. The van der Waals surface area contributed by atoms with Crippen molar-refractivity contribution in [2.75, 3.05) is 20.2 Å². The van der Waals surface area contributed by atoms with Crippen LogP contribution in [-0.2, 0) is 9.53 Å². The molecule has 1 aliphatic carbocycles. The molecule has 0 aromatic heterocycles. The number of nitrogens with zero attached hydrogens (tertiary/aromatic N) is 1. The van der Waals surface area contributed by atoms with E-state index in [0.29, 0.717) is 24.6 Å². The van der Waals surface area contributed by atoms with Gasteiger partial charge in [-0.3, -0.25) is 4.90 Å². The van der Waals surface area contributed by atoms with Crippen LogP contribution in [0.4, 0.5) is 0 Å². The van der Waals surface area contributed by atoms with Crippen molar-refractivity contribution in [2.24, 2.45) is 5.92 Å². The predicted octanol–water partition coefficient (Wildman–Crippen LogP) is 2.18. The highest BCUT2D eigenvalue weighted by Gasteiger charge is 2.52. The fourth-order valence-electron chi connectivity index (χ4n) is 3.66. The summed E-state index contributed by atoms with van der Waals surface area (Å²) in [5.41, 5.74) is -0.504. The molecule has 4 nitrogen and oxygen atoms in total. The molecule has 1 aliphatic heterocycles. The number of likely N-dealkylation sites (N-methyl/N-ethyl adjacent to an activating group) is 1. The number of esters is 1. The van der Waals surface area contributed by atoms with Gasteiger partial charge in [-0.2, -0.15) is 0 Å². The van der Waals surface area contributed by atoms with E-state index in [4.69, 9.17) is 4.74 Å². The van der Waals surface area contributed by atoms with E-state index >= 15 is 0 Å². The number of hydrogen-bond acceptors (Lipinski definition) is 4. The Balaban J connectivity index is 2.16. The molecule has 2 rings (SSSR count). The molecule has 0 aromatic rings. The maximum atomic E-state index is 12.6. The third-order valence-corrected chi connectivity index (χ3v) is 5.17. The molecular weight excluding hydrogens is 252 g/mol. The zero-order valence-electron chi connectivity index (χ0n) is 13.4. The van der Waals surface area contributed by atoms with Crippen molar-refractivity contribution in [3.8, 4) is 0 Å². The van der Waals surface area contributed by atoms with Gasteiger partial charge in [0.1, 0.15) is 5.54 Å². The van der Waals surface area contributed by atoms with Gasteiger partial charge in [0.05, 0.1) is 6.61 Å². The summed E-state index contributed by atoms with van der Waals surface area (Å²) < 4.78 is 5.38. The molecule has 0 radical (unpaired) electrons. The number of nitrogens with one attached hydrogen (secondary N) is 1. The molecule has 2 fully saturated rings. The Kier molecular flexibility index (Phi) is 5.08. The summed E-state index contributed by atoms with van der Waals surface area (Å²) in [6, 6.07) is 1.11. The van der Waals surface area contributed by atoms with Crippen LogP contribution in [-0.4, -0.2) is 48.7 Å². The number of likely N-dealkylation sites (tertiary alicyclic amines) is 1. The van der Waals surface area contributed by atoms with Crippen molar-refractivity contribution in [3.05, 3.63) is 0 Å². The minimum absolute atomic E-state index is 0.0602. The van der Waals surface area contributed by atoms with Gasteiger partial charge in [0.15, 0.2) is 0 Å². The van der Waals surface area contributed by atoms with Crippen LogP contribution in [0.1, 0.15) is 52.9 Å². The summed E-state index contributed by atoms with van der Waals surface area (Å²) in [6.07, 6.45) is 6.04. The number of piperidine rings is 1. The summed E-state index contributed by atoms with van der Waals surface area (Å²) >= 11 is 0. The summed E-state index contributed by atoms with van der Waals surface area (Å²) in [6.45, 7) is 7.70. The molecule has 1 saturated carbocycles. The van der Waals surface area contributed by atoms with Gasteiger partial charge >= 0.3 is 5.97 Å². The number of carbonyl (C=O) groups is 1. The van der Waals surface area contributed by atoms with Crippen LogP contribution in [0.3, 0.4) is 0 Å². The second-order valence-corrected chi connectivity index (χ2v) is 6.52. The Bertz CT molecular complexity index is 333. The molecule has 0 bridgehead atoms. The largest absolute Gasteiger partial charge is 0.465 e. The number of rotatable bonds is 6. The SMILES string of the molecule is CCOC(=O)C(CN1[C@H](C)CCC[C@@H]1C)(NC)C1CC1. The first-order chi connectivity index (χ1) is 9.55. The minimum Gasteiger partial charge on any atom is -0.465 e. The topological polar surface area (TPSA) is 41.6 Å². The fraction of sp³-hybridized carbons (Fsp3) is 0.938. The van der Waals surface area contributed by atoms with Crippen LogP contribution in [0.2, 0.25) is 0 Å². The van der Waals surface area contributed by atoms with E-state index in [1.165, 1.54) is 19.3 Å². The third kappa shape index (κ3) is 3.01. The second-order valence-electron chi connectivity index (χ2n) is 6.52. The molecule has 20 heavy (non-hydrogen) atoms. The summed E-state index contributed by atoms with van der Waals surface area (Å²) in [5.74, 6) is 0.378. The van der Waals surface area contributed by atoms with Crippen molar-refractivity contribution < 1.29 is 9.53 Å². The van der Waals surface area contributed by atoms with Crippen LogP contribution in [0.15, 0.2) is 0 Å². The van der Waals surface area contributed by atoms with E-state index in [0.717, 1.165) is 19.4 Å². The molecular formula is C16H30N2O2. The molecule has 1 N–H and O–H groups in total. The molecule has 2 aliphatic rings. The van der Waals surface area contributed by atoms with Crippen LogP contribution < -0.4 is 5.32 Å². The van der Waals surface area contributed by atoms with E-state index < -0.39 is 5.54 Å². The highest BCUT2D eigenvalue weighted by molar-refractivity contribution is 5.82. The lowest BCUT2D eigenvalue weighted by molar-refractivity contribution is -0.154. The molecule has 1 saturated heterocycles. The fourth-order valence-corrected chi connectivity index (χ4v) is 3.66. The number of ether oxygens (including phenoxy) is 1. The van der Waals surface area contributed by atoms with E-state index in [2.05, 4.69) is 24.1 Å². The number of hydrogen-bond donors (Lipinski definition) is 1. The van der Waals surface area contributed by atoms with Gasteiger partial charge in [0.25, 0.3) is 0 Å². The second kappa shape index (κ2) is 6.44. The molecule has 3 atom stereocenters. The molecule has 0 aromatic carbocycles. The van der Waals surface area contributed by atoms with E-state index in [9.17, 15) is 4.79 Å². The first kappa shape index (κ1) is 15.8. The van der Waals surface area contributed by atoms with Crippen molar-refractivity contribution in [1.29, 1.82) is 0 Å². The van der Waals surface area contributed by atoms with Crippen molar-refractivity contribution in [3.63, 3.8) is 0 Å². The monoisotopic (exact) mass is 282 g/mol. The average molecular weight is 282 g/mol. The van der Waals surface area contributed by atoms with E-state index in [1.807, 2.05) is 14.0 Å². The van der Waals surface area contributed by atoms with Crippen molar-refractivity contribution in [2.45, 2.75) is 70.5 Å². The van der Waals surface area contributed by atoms with Gasteiger partial charge in [-0.05, 0) is 59.4 Å². The standard InChI is InChI=1S/C16H30N2O2/c1-5-20-15(19)16(17-4,14-9-10-14)11-18-12(2)7-6-8-13(18)3/h12-14,17H,5-11H2,1-4H3/t12-,13+,16?. The van der Waals surface area contributed by atoms with Gasteiger partial charge in [0.2, 0.25) is 0 Å². The smallest absolute Gasteiger partial charge is 0.327 e. The Labute approximate surface area is 123 Å². The zero-order valence-corrected chi connectivity index (χ0v) is 13.4. The lowest BCUT2D eigenvalue weighted by atomic mass is 9.88. The van der Waals surface area contributed by atoms with Crippen LogP contribution in [0.25, 0.3) is 0 Å². The van der Waals surface area contributed by atoms with Gasteiger partial charge in [-0.15, -0.1) is 0 Å². The van der Waals surface area contributed by atoms with Crippen molar-refractivity contribution >= 4 is 5.97 Å². The van der Waals surface area contributed by atoms with Gasteiger partial charge < -0.3 is 10.1 Å². The lowest BCUT2D eigenvalue weighted by Gasteiger charge is -2.44. The first-order valence-corrected chi connectivity index (χ1v) is 8.17. The molecule has 1 heterocycles. The lowest BCUT2D eigenvalue weighted by Crippen LogP contribution is -2.63. The normalized spacial score (nSPS) is 30.8. The Morgan fingerprint density at radius 3 is 2.30 bits per heavy atom. The highest BCUT2D eigenvalue weighted by Crippen LogP contribution is 2.42. The minimum atomic E-state index is -0.504. The summed E-state index contributed by atoms with van der Waals surface area (Å²) in [5, 5.41) is 3.33. The maximum absolute atomic E-state index is 12.6. The molecule has 116 valence electrons. The zero-order chi connectivity index (χ0) is 14.8.